The fourth-order valence-corrected chi connectivity index (χ4v) is 3.54. The molecule has 6 nitrogen and oxygen atoms in total. The number of carbonyl (C=O) groups is 3. The minimum atomic E-state index is -1.29. The third kappa shape index (κ3) is 2.81. The summed E-state index contributed by atoms with van der Waals surface area (Å²) >= 11 is 3.40. The van der Waals surface area contributed by atoms with Crippen LogP contribution in [0.3, 0.4) is 0 Å². The van der Waals surface area contributed by atoms with Crippen molar-refractivity contribution in [3.8, 4) is 0 Å². The number of halogens is 1. The molecule has 0 N–H and O–H groups in total. The third-order valence-corrected chi connectivity index (χ3v) is 4.86. The van der Waals surface area contributed by atoms with Crippen LogP contribution in [0.1, 0.15) is 37.3 Å². The lowest BCUT2D eigenvalue weighted by molar-refractivity contribution is -0.148. The summed E-state index contributed by atoms with van der Waals surface area (Å²) < 4.78 is 11.4. The normalized spacial score (nSPS) is 22.0. The number of esters is 1. The van der Waals surface area contributed by atoms with Crippen LogP contribution >= 0.6 is 15.9 Å². The van der Waals surface area contributed by atoms with Gasteiger partial charge in [-0.25, -0.2) is 9.69 Å². The van der Waals surface area contributed by atoms with Gasteiger partial charge in [-0.1, -0.05) is 35.3 Å². The first-order valence-electron chi connectivity index (χ1n) is 7.97. The number of unbranched alkanes of at least 4 members (excludes halogenated alkanes) is 1. The van der Waals surface area contributed by atoms with Crippen LogP contribution in [0.25, 0.3) is 0 Å². The van der Waals surface area contributed by atoms with E-state index < -0.39 is 30.1 Å². The summed E-state index contributed by atoms with van der Waals surface area (Å²) in [7, 11) is 0. The average molecular weight is 396 g/mol. The molecule has 7 heteroatoms. The number of aryl methyl sites for hydroxylation is 1. The lowest BCUT2D eigenvalue weighted by atomic mass is 9.95. The van der Waals surface area contributed by atoms with Crippen LogP contribution < -0.4 is 0 Å². The van der Waals surface area contributed by atoms with Crippen molar-refractivity contribution in [2.24, 2.45) is 0 Å². The van der Waals surface area contributed by atoms with E-state index in [0.717, 1.165) is 27.8 Å². The van der Waals surface area contributed by atoms with Gasteiger partial charge in [0.2, 0.25) is 5.60 Å². The van der Waals surface area contributed by atoms with E-state index in [1.54, 1.807) is 6.07 Å². The molecular weight excluding hydrogens is 378 g/mol. The molecule has 1 saturated heterocycles. The Kier molecular flexibility index (Phi) is 4.62. The van der Waals surface area contributed by atoms with Crippen molar-refractivity contribution >= 4 is 33.9 Å². The molecule has 1 heterocycles. The van der Waals surface area contributed by atoms with E-state index in [2.05, 4.69) is 15.9 Å². The molecule has 2 aliphatic rings. The van der Waals surface area contributed by atoms with Crippen LogP contribution in [0, 0.1) is 0 Å². The third-order valence-electron chi connectivity index (χ3n) is 4.37. The molecule has 1 aromatic carbocycles. The summed E-state index contributed by atoms with van der Waals surface area (Å²) in [4.78, 5) is 37.6. The van der Waals surface area contributed by atoms with E-state index >= 15 is 0 Å². The Morgan fingerprint density at radius 1 is 1.42 bits per heavy atom. The molecule has 0 bridgehead atoms. The number of imide groups is 1. The highest BCUT2D eigenvalue weighted by Gasteiger charge is 2.58. The van der Waals surface area contributed by atoms with Gasteiger partial charge in [0.25, 0.3) is 5.91 Å². The predicted molar refractivity (Wildman–Crippen MR) is 88.2 cm³/mol. The number of rotatable bonds is 5. The summed E-state index contributed by atoms with van der Waals surface area (Å²) in [5.74, 6) is -1.08. The van der Waals surface area contributed by atoms with Crippen LogP contribution in [0.2, 0.25) is 0 Å². The van der Waals surface area contributed by atoms with E-state index in [4.69, 9.17) is 9.47 Å². The second kappa shape index (κ2) is 6.55. The number of benzene rings is 1. The minimum Gasteiger partial charge on any atom is -0.464 e. The second-order valence-electron chi connectivity index (χ2n) is 5.96. The molecule has 2 amide bonds. The van der Waals surface area contributed by atoms with Gasteiger partial charge in [0, 0.05) is 16.5 Å². The van der Waals surface area contributed by atoms with Gasteiger partial charge in [0.05, 0.1) is 6.61 Å². The molecular formula is C17H18BrNO5. The molecule has 3 rings (SSSR count). The van der Waals surface area contributed by atoms with Crippen LogP contribution in [0.15, 0.2) is 22.7 Å². The van der Waals surface area contributed by atoms with Crippen molar-refractivity contribution < 1.29 is 23.9 Å². The maximum Gasteiger partial charge on any atom is 0.418 e. The number of ether oxygens (including phenoxy) is 2. The van der Waals surface area contributed by atoms with Crippen LogP contribution in [-0.4, -0.2) is 36.0 Å². The van der Waals surface area contributed by atoms with Gasteiger partial charge in [-0.15, -0.1) is 0 Å². The van der Waals surface area contributed by atoms with Gasteiger partial charge in [-0.05, 0) is 30.5 Å². The number of hydrogen-bond donors (Lipinski definition) is 0. The number of nitrogens with zero attached hydrogens (tertiary/aromatic N) is 1. The second-order valence-corrected chi connectivity index (χ2v) is 6.88. The minimum absolute atomic E-state index is 0.286. The van der Waals surface area contributed by atoms with Crippen molar-refractivity contribution in [2.75, 3.05) is 13.2 Å². The van der Waals surface area contributed by atoms with Crippen molar-refractivity contribution in [3.05, 3.63) is 33.8 Å². The molecule has 0 aromatic heterocycles. The first kappa shape index (κ1) is 17.0. The Morgan fingerprint density at radius 3 is 2.96 bits per heavy atom. The Bertz CT molecular complexity index is 704. The van der Waals surface area contributed by atoms with Crippen molar-refractivity contribution in [3.63, 3.8) is 0 Å². The smallest absolute Gasteiger partial charge is 0.418 e. The van der Waals surface area contributed by atoms with Gasteiger partial charge in [0.1, 0.15) is 6.54 Å². The summed E-state index contributed by atoms with van der Waals surface area (Å²) in [6.07, 6.45) is 1.89. The molecule has 1 aromatic rings. The molecule has 0 saturated carbocycles. The fourth-order valence-electron chi connectivity index (χ4n) is 3.13. The highest BCUT2D eigenvalue weighted by Crippen LogP contribution is 2.45. The number of hydrogen-bond acceptors (Lipinski definition) is 5. The van der Waals surface area contributed by atoms with E-state index in [9.17, 15) is 14.4 Å². The monoisotopic (exact) mass is 395 g/mol. The van der Waals surface area contributed by atoms with Crippen molar-refractivity contribution in [1.29, 1.82) is 0 Å². The SMILES string of the molecule is CCCCOC(=O)CN1C(=O)OC2(CCc3cc(Br)ccc32)C1=O. The zero-order valence-electron chi connectivity index (χ0n) is 13.3. The van der Waals surface area contributed by atoms with Crippen molar-refractivity contribution in [1.82, 2.24) is 4.90 Å². The van der Waals surface area contributed by atoms with Gasteiger partial charge >= 0.3 is 12.1 Å². The van der Waals surface area contributed by atoms with Gasteiger partial charge < -0.3 is 9.47 Å². The van der Waals surface area contributed by atoms with Crippen LogP contribution in [-0.2, 0) is 31.1 Å². The Morgan fingerprint density at radius 2 is 2.21 bits per heavy atom. The quantitative estimate of drug-likeness (QED) is 0.565. The molecule has 24 heavy (non-hydrogen) atoms. The average Bonchev–Trinajstić information content (AvgIpc) is 3.01. The predicted octanol–water partition coefficient (Wildman–Crippen LogP) is 2.91. The van der Waals surface area contributed by atoms with E-state index in [-0.39, 0.29) is 6.61 Å². The van der Waals surface area contributed by atoms with Gasteiger partial charge in [0.15, 0.2) is 0 Å². The fraction of sp³-hybridized carbons (Fsp3) is 0.471. The summed E-state index contributed by atoms with van der Waals surface area (Å²) in [5.41, 5.74) is 0.375. The van der Waals surface area contributed by atoms with E-state index in [1.165, 1.54) is 0 Å². The maximum absolute atomic E-state index is 12.8. The molecule has 1 spiro atoms. The molecule has 1 aliphatic heterocycles. The highest BCUT2D eigenvalue weighted by atomic mass is 79.9. The molecule has 1 aliphatic carbocycles. The number of fused-ring (bicyclic) bond motifs is 2. The van der Waals surface area contributed by atoms with Crippen molar-refractivity contribution in [2.45, 2.75) is 38.2 Å². The largest absolute Gasteiger partial charge is 0.464 e. The highest BCUT2D eigenvalue weighted by molar-refractivity contribution is 9.10. The molecule has 1 fully saturated rings. The zero-order valence-corrected chi connectivity index (χ0v) is 14.9. The Labute approximate surface area is 148 Å². The van der Waals surface area contributed by atoms with Gasteiger partial charge in [-0.3, -0.25) is 9.59 Å². The lowest BCUT2D eigenvalue weighted by Crippen LogP contribution is -2.40. The van der Waals surface area contributed by atoms with Crippen LogP contribution in [0.4, 0.5) is 4.79 Å². The topological polar surface area (TPSA) is 72.9 Å². The molecule has 0 radical (unpaired) electrons. The molecule has 128 valence electrons. The lowest BCUT2D eigenvalue weighted by Gasteiger charge is -2.20. The van der Waals surface area contributed by atoms with E-state index in [1.807, 2.05) is 19.1 Å². The summed E-state index contributed by atoms with van der Waals surface area (Å²) in [5, 5.41) is 0. The molecule has 1 atom stereocenters. The maximum atomic E-state index is 12.8. The first-order chi connectivity index (χ1) is 11.5. The summed E-state index contributed by atoms with van der Waals surface area (Å²) in [6.45, 7) is 1.86. The zero-order chi connectivity index (χ0) is 17.3. The summed E-state index contributed by atoms with van der Waals surface area (Å²) in [6, 6.07) is 5.53. The first-order valence-corrected chi connectivity index (χ1v) is 8.76. The number of amides is 2. The molecule has 1 unspecified atom stereocenters. The Hall–Kier alpha value is -1.89. The number of carbonyl (C=O) groups excluding carboxylic acids is 3. The van der Waals surface area contributed by atoms with Crippen LogP contribution in [0.5, 0.6) is 0 Å². The standard InChI is InChI=1S/C17H18BrNO5/c1-2-3-8-23-14(20)10-19-15(21)17(24-16(19)22)7-6-11-9-12(18)4-5-13(11)17/h4-5,9H,2-3,6-8,10H2,1H3. The van der Waals surface area contributed by atoms with E-state index in [0.29, 0.717) is 18.4 Å². The van der Waals surface area contributed by atoms with Gasteiger partial charge in [-0.2, -0.15) is 0 Å². The Balaban J connectivity index is 1.77.